The molecule has 0 saturated carbocycles. The van der Waals surface area contributed by atoms with Crippen molar-refractivity contribution in [3.8, 4) is 0 Å². The fourth-order valence-corrected chi connectivity index (χ4v) is 3.34. The Bertz CT molecular complexity index is 930. The van der Waals surface area contributed by atoms with Crippen LogP contribution in [0.25, 0.3) is 0 Å². The molecular weight excluding hydrogens is 528 g/mol. The highest BCUT2D eigenvalue weighted by Gasteiger charge is 2.46. The second kappa shape index (κ2) is 13.5. The lowest BCUT2D eigenvalue weighted by Gasteiger charge is -2.41. The Kier molecular flexibility index (Phi) is 11.2. The zero-order chi connectivity index (χ0) is 28.7. The number of carbonyl (C=O) groups is 2. The summed E-state index contributed by atoms with van der Waals surface area (Å²) in [6.07, 6.45) is -5.31. The standard InChI is InChI=1S/C22H37ClN6O9/c1-21(2,3)37-19(33)25-18(26-20(34)38-22(4,5)6)24-9-12-10-29(28-27-12)14-16(32)15(31)13(11-30)36-17(14)35-8-7-23/h10,13-17,30-32H,7-9,11H2,1-6H3,(H2,24,25,26,33,34)/t13?,14-,15-,16-,17?/m1/s1. The first-order valence-corrected chi connectivity index (χ1v) is 12.4. The Morgan fingerprint density at radius 3 is 2.18 bits per heavy atom. The average Bonchev–Trinajstić information content (AvgIpc) is 3.23. The number of hydrogen-bond acceptors (Lipinski definition) is 12. The molecule has 2 rings (SSSR count). The Hall–Kier alpha value is -2.56. The van der Waals surface area contributed by atoms with Crippen LogP contribution >= 0.6 is 11.6 Å². The monoisotopic (exact) mass is 564 g/mol. The van der Waals surface area contributed by atoms with Crippen molar-refractivity contribution in [2.24, 2.45) is 4.99 Å². The summed E-state index contributed by atoms with van der Waals surface area (Å²) >= 11 is 5.70. The van der Waals surface area contributed by atoms with Gasteiger partial charge in [-0.2, -0.15) is 0 Å². The van der Waals surface area contributed by atoms with Crippen LogP contribution in [0, 0.1) is 0 Å². The van der Waals surface area contributed by atoms with Crippen LogP contribution in [0.2, 0.25) is 0 Å². The molecule has 1 saturated heterocycles. The number of halogens is 1. The molecule has 16 heteroatoms. The van der Waals surface area contributed by atoms with Crippen LogP contribution in [0.15, 0.2) is 11.2 Å². The molecule has 15 nitrogen and oxygen atoms in total. The normalized spacial score (nSPS) is 23.9. The minimum atomic E-state index is -1.42. The van der Waals surface area contributed by atoms with Gasteiger partial charge < -0.3 is 34.3 Å². The van der Waals surface area contributed by atoms with Crippen molar-refractivity contribution >= 4 is 29.7 Å². The Balaban J connectivity index is 2.23. The number of nitrogens with one attached hydrogen (secondary N) is 2. The first-order valence-electron chi connectivity index (χ1n) is 11.9. The van der Waals surface area contributed by atoms with E-state index in [0.717, 1.165) is 0 Å². The number of alkyl carbamates (subject to hydrolysis) is 2. The number of amides is 2. The van der Waals surface area contributed by atoms with Gasteiger partial charge in [-0.05, 0) is 41.5 Å². The maximum atomic E-state index is 12.3. The molecule has 5 atom stereocenters. The molecule has 0 aliphatic carbocycles. The fraction of sp³-hybridized carbons (Fsp3) is 0.773. The van der Waals surface area contributed by atoms with E-state index >= 15 is 0 Å². The lowest BCUT2D eigenvalue weighted by molar-refractivity contribution is -0.280. The van der Waals surface area contributed by atoms with E-state index in [1.807, 2.05) is 0 Å². The second-order valence-corrected chi connectivity index (χ2v) is 10.7. The zero-order valence-electron chi connectivity index (χ0n) is 22.3. The molecular formula is C22H37ClN6O9. The van der Waals surface area contributed by atoms with Gasteiger partial charge in [-0.25, -0.2) is 19.3 Å². The molecule has 5 N–H and O–H groups in total. The van der Waals surface area contributed by atoms with Crippen molar-refractivity contribution < 1.29 is 43.9 Å². The van der Waals surface area contributed by atoms with E-state index in [1.165, 1.54) is 10.9 Å². The van der Waals surface area contributed by atoms with Gasteiger partial charge in [-0.15, -0.1) is 16.7 Å². The SMILES string of the molecule is CC(C)(C)OC(=O)NC(=NCc1cn([C@H]2C(OCCCl)OC(CO)[C@@H](O)[C@@H]2O)nn1)NC(=O)OC(C)(C)C. The van der Waals surface area contributed by atoms with Gasteiger partial charge in [0.1, 0.15) is 41.2 Å². The molecule has 0 spiro atoms. The lowest BCUT2D eigenvalue weighted by atomic mass is 9.97. The molecule has 0 radical (unpaired) electrons. The van der Waals surface area contributed by atoms with Crippen molar-refractivity contribution in [3.05, 3.63) is 11.9 Å². The molecule has 2 amide bonds. The first-order chi connectivity index (χ1) is 17.6. The molecule has 1 aromatic heterocycles. The predicted molar refractivity (Wildman–Crippen MR) is 133 cm³/mol. The quantitative estimate of drug-likeness (QED) is 0.175. The molecule has 1 aliphatic heterocycles. The Morgan fingerprint density at radius 1 is 1.11 bits per heavy atom. The summed E-state index contributed by atoms with van der Waals surface area (Å²) in [6, 6.07) is -1.03. The smallest absolute Gasteiger partial charge is 0.414 e. The highest BCUT2D eigenvalue weighted by Crippen LogP contribution is 2.30. The average molecular weight is 565 g/mol. The van der Waals surface area contributed by atoms with Gasteiger partial charge in [0.05, 0.1) is 26.0 Å². The van der Waals surface area contributed by atoms with Gasteiger partial charge in [-0.3, -0.25) is 10.6 Å². The largest absolute Gasteiger partial charge is 0.444 e. The van der Waals surface area contributed by atoms with E-state index < -0.39 is 60.6 Å². The number of guanidine groups is 1. The van der Waals surface area contributed by atoms with Crippen molar-refractivity contribution in [1.82, 2.24) is 25.6 Å². The molecule has 1 aromatic rings. The van der Waals surface area contributed by atoms with Crippen LogP contribution in [-0.2, 0) is 25.5 Å². The molecule has 2 unspecified atom stereocenters. The summed E-state index contributed by atoms with van der Waals surface area (Å²) in [7, 11) is 0. The van der Waals surface area contributed by atoms with E-state index in [2.05, 4.69) is 25.9 Å². The topological polar surface area (TPSA) is 199 Å². The zero-order valence-corrected chi connectivity index (χ0v) is 23.0. The van der Waals surface area contributed by atoms with Crippen molar-refractivity contribution in [1.29, 1.82) is 0 Å². The number of ether oxygens (including phenoxy) is 4. The van der Waals surface area contributed by atoms with E-state index in [-0.39, 0.29) is 30.7 Å². The molecule has 1 fully saturated rings. The number of carbonyl (C=O) groups excluding carboxylic acids is 2. The van der Waals surface area contributed by atoms with Crippen LogP contribution in [0.4, 0.5) is 9.59 Å². The third-order valence-corrected chi connectivity index (χ3v) is 4.86. The van der Waals surface area contributed by atoms with E-state index in [9.17, 15) is 24.9 Å². The first kappa shape index (κ1) is 31.7. The molecule has 216 valence electrons. The molecule has 0 aromatic carbocycles. The number of aliphatic imine (C=N–C) groups is 1. The number of aliphatic hydroxyl groups excluding tert-OH is 3. The van der Waals surface area contributed by atoms with Crippen LogP contribution < -0.4 is 10.6 Å². The summed E-state index contributed by atoms with van der Waals surface area (Å²) in [5, 5.41) is 43.1. The predicted octanol–water partition coefficient (Wildman–Crippen LogP) is 0.419. The number of rotatable bonds is 7. The minimum Gasteiger partial charge on any atom is -0.444 e. The van der Waals surface area contributed by atoms with Gasteiger partial charge in [0.25, 0.3) is 0 Å². The third kappa shape index (κ3) is 9.96. The summed E-state index contributed by atoms with van der Waals surface area (Å²) in [4.78, 5) is 28.7. The Morgan fingerprint density at radius 2 is 1.68 bits per heavy atom. The van der Waals surface area contributed by atoms with Crippen molar-refractivity contribution in [3.63, 3.8) is 0 Å². The minimum absolute atomic E-state index is 0.0750. The van der Waals surface area contributed by atoms with Crippen molar-refractivity contribution in [2.75, 3.05) is 19.1 Å². The summed E-state index contributed by atoms with van der Waals surface area (Å²) in [5.74, 6) is -0.113. The lowest BCUT2D eigenvalue weighted by Crippen LogP contribution is -2.57. The summed E-state index contributed by atoms with van der Waals surface area (Å²) in [6.45, 7) is 9.43. The maximum absolute atomic E-state index is 12.3. The molecule has 38 heavy (non-hydrogen) atoms. The van der Waals surface area contributed by atoms with Crippen molar-refractivity contribution in [2.45, 2.75) is 89.9 Å². The van der Waals surface area contributed by atoms with Crippen LogP contribution in [0.5, 0.6) is 0 Å². The van der Waals surface area contributed by atoms with Crippen LogP contribution in [0.1, 0.15) is 53.3 Å². The number of aromatic nitrogens is 3. The van der Waals surface area contributed by atoms with Crippen LogP contribution in [0.3, 0.4) is 0 Å². The summed E-state index contributed by atoms with van der Waals surface area (Å²) < 4.78 is 22.8. The molecule has 2 heterocycles. The van der Waals surface area contributed by atoms with E-state index in [0.29, 0.717) is 0 Å². The fourth-order valence-electron chi connectivity index (χ4n) is 3.25. The molecule has 1 aliphatic rings. The second-order valence-electron chi connectivity index (χ2n) is 10.4. The van der Waals surface area contributed by atoms with E-state index in [1.54, 1.807) is 41.5 Å². The van der Waals surface area contributed by atoms with Crippen LogP contribution in [-0.4, -0.2) is 103 Å². The molecule has 0 bridgehead atoms. The number of nitrogens with zero attached hydrogens (tertiary/aromatic N) is 4. The number of hydrogen-bond donors (Lipinski definition) is 5. The van der Waals surface area contributed by atoms with Gasteiger partial charge in [0, 0.05) is 5.88 Å². The van der Waals surface area contributed by atoms with Gasteiger partial charge >= 0.3 is 12.2 Å². The third-order valence-electron chi connectivity index (χ3n) is 4.71. The maximum Gasteiger partial charge on any atom is 0.414 e. The van der Waals surface area contributed by atoms with Gasteiger partial charge in [-0.1, -0.05) is 5.21 Å². The van der Waals surface area contributed by atoms with Gasteiger partial charge in [0.15, 0.2) is 6.29 Å². The summed E-state index contributed by atoms with van der Waals surface area (Å²) in [5.41, 5.74) is -1.33. The highest BCUT2D eigenvalue weighted by atomic mass is 35.5. The van der Waals surface area contributed by atoms with E-state index in [4.69, 9.17) is 30.5 Å². The van der Waals surface area contributed by atoms with Gasteiger partial charge in [0.2, 0.25) is 5.96 Å². The number of aliphatic hydroxyl groups is 3. The highest BCUT2D eigenvalue weighted by molar-refractivity contribution is 6.17. The Labute approximate surface area is 225 Å². The number of alkyl halides is 1.